The van der Waals surface area contributed by atoms with E-state index >= 15 is 0 Å². The summed E-state index contributed by atoms with van der Waals surface area (Å²) in [5.74, 6) is -0.210. The molecular weight excluding hydrogens is 371 g/mol. The number of amides is 1. The highest BCUT2D eigenvalue weighted by Gasteiger charge is 2.33. The number of rotatable bonds is 4. The van der Waals surface area contributed by atoms with Gasteiger partial charge in [-0.25, -0.2) is 8.42 Å². The zero-order chi connectivity index (χ0) is 17.9. The molecule has 0 N–H and O–H groups in total. The predicted molar refractivity (Wildman–Crippen MR) is 98.3 cm³/mol. The van der Waals surface area contributed by atoms with Crippen molar-refractivity contribution >= 4 is 44.8 Å². The number of halogens is 2. The Balaban J connectivity index is 2.37. The molecule has 0 spiro atoms. The molecule has 0 unspecified atom stereocenters. The molecule has 5 nitrogen and oxygen atoms in total. The molecule has 1 amide bonds. The van der Waals surface area contributed by atoms with Crippen LogP contribution < -0.4 is 4.31 Å². The molecule has 1 saturated heterocycles. The van der Waals surface area contributed by atoms with Crippen molar-refractivity contribution in [2.24, 2.45) is 0 Å². The van der Waals surface area contributed by atoms with Crippen molar-refractivity contribution in [1.29, 1.82) is 0 Å². The van der Waals surface area contributed by atoms with Crippen LogP contribution in [0.4, 0.5) is 5.69 Å². The van der Waals surface area contributed by atoms with E-state index in [1.165, 1.54) is 12.1 Å². The predicted octanol–water partition coefficient (Wildman–Crippen LogP) is 3.55. The third kappa shape index (κ3) is 4.55. The van der Waals surface area contributed by atoms with Crippen molar-refractivity contribution in [3.05, 3.63) is 28.2 Å². The normalized spacial score (nSPS) is 17.2. The van der Waals surface area contributed by atoms with Gasteiger partial charge in [0.25, 0.3) is 0 Å². The number of nitrogens with zero attached hydrogens (tertiary/aromatic N) is 2. The van der Waals surface area contributed by atoms with Crippen LogP contribution in [0.25, 0.3) is 0 Å². The van der Waals surface area contributed by atoms with Gasteiger partial charge in [0.15, 0.2) is 0 Å². The Morgan fingerprint density at radius 3 is 2.29 bits per heavy atom. The smallest absolute Gasteiger partial charge is 0.246 e. The zero-order valence-electron chi connectivity index (χ0n) is 13.8. The van der Waals surface area contributed by atoms with Gasteiger partial charge in [-0.3, -0.25) is 9.10 Å². The van der Waals surface area contributed by atoms with Crippen molar-refractivity contribution in [3.63, 3.8) is 0 Å². The van der Waals surface area contributed by atoms with E-state index in [1.807, 2.05) is 0 Å². The Kier molecular flexibility index (Phi) is 6.39. The first-order valence-electron chi connectivity index (χ1n) is 7.95. The number of hydrogen-bond donors (Lipinski definition) is 0. The highest BCUT2D eigenvalue weighted by atomic mass is 35.5. The van der Waals surface area contributed by atoms with E-state index in [0.29, 0.717) is 18.1 Å². The van der Waals surface area contributed by atoms with Crippen molar-refractivity contribution in [3.8, 4) is 0 Å². The van der Waals surface area contributed by atoms with Gasteiger partial charge in [-0.15, -0.1) is 0 Å². The first kappa shape index (κ1) is 19.3. The molecule has 0 bridgehead atoms. The Morgan fingerprint density at radius 2 is 1.75 bits per heavy atom. The monoisotopic (exact) mass is 392 g/mol. The number of likely N-dealkylation sites (tertiary alicyclic amines) is 1. The topological polar surface area (TPSA) is 57.7 Å². The maximum Gasteiger partial charge on any atom is 0.246 e. The van der Waals surface area contributed by atoms with E-state index in [9.17, 15) is 13.2 Å². The lowest BCUT2D eigenvalue weighted by Crippen LogP contribution is -2.49. The second kappa shape index (κ2) is 7.93. The van der Waals surface area contributed by atoms with E-state index in [0.717, 1.165) is 36.2 Å². The quantitative estimate of drug-likeness (QED) is 0.786. The van der Waals surface area contributed by atoms with E-state index in [-0.39, 0.29) is 16.6 Å². The van der Waals surface area contributed by atoms with Gasteiger partial charge in [-0.1, -0.05) is 36.0 Å². The van der Waals surface area contributed by atoms with Crippen molar-refractivity contribution in [2.45, 2.75) is 38.6 Å². The number of sulfonamides is 1. The van der Waals surface area contributed by atoms with Gasteiger partial charge >= 0.3 is 0 Å². The van der Waals surface area contributed by atoms with Crippen LogP contribution in [0.2, 0.25) is 10.0 Å². The first-order valence-corrected chi connectivity index (χ1v) is 10.6. The van der Waals surface area contributed by atoms with Gasteiger partial charge in [-0.05, 0) is 38.0 Å². The minimum absolute atomic E-state index is 0.210. The maximum atomic E-state index is 12.9. The summed E-state index contributed by atoms with van der Waals surface area (Å²) in [6.07, 6.45) is 5.13. The molecule has 1 aromatic carbocycles. The van der Waals surface area contributed by atoms with E-state index in [1.54, 1.807) is 17.9 Å². The lowest BCUT2D eigenvalue weighted by molar-refractivity contribution is -0.131. The van der Waals surface area contributed by atoms with Gasteiger partial charge in [-0.2, -0.15) is 0 Å². The van der Waals surface area contributed by atoms with Gasteiger partial charge < -0.3 is 4.90 Å². The molecule has 1 aromatic rings. The number of anilines is 1. The van der Waals surface area contributed by atoms with E-state index < -0.39 is 16.1 Å². The highest BCUT2D eigenvalue weighted by Crippen LogP contribution is 2.32. The average molecular weight is 393 g/mol. The standard InChI is InChI=1S/C16H22Cl2N2O3S/c1-12(16(21)19-9-5-3-4-6-10-19)20(24(2,22)23)15-11-13(17)7-8-14(15)18/h7-8,11-12H,3-6,9-10H2,1-2H3/t12-/m1/s1. The zero-order valence-corrected chi connectivity index (χ0v) is 16.2. The molecule has 8 heteroatoms. The summed E-state index contributed by atoms with van der Waals surface area (Å²) in [6.45, 7) is 2.90. The SMILES string of the molecule is C[C@H](C(=O)N1CCCCCC1)N(c1cc(Cl)ccc1Cl)S(C)(=O)=O. The number of hydrogen-bond acceptors (Lipinski definition) is 3. The summed E-state index contributed by atoms with van der Waals surface area (Å²) in [5, 5.41) is 0.595. The van der Waals surface area contributed by atoms with Crippen LogP contribution in [0.3, 0.4) is 0 Å². The van der Waals surface area contributed by atoms with Crippen molar-refractivity contribution < 1.29 is 13.2 Å². The van der Waals surface area contributed by atoms with Gasteiger partial charge in [0.2, 0.25) is 15.9 Å². The summed E-state index contributed by atoms with van der Waals surface area (Å²) in [5.41, 5.74) is 0.224. The second-order valence-electron chi connectivity index (χ2n) is 6.07. The molecule has 134 valence electrons. The molecule has 0 aromatic heterocycles. The minimum atomic E-state index is -3.71. The lowest BCUT2D eigenvalue weighted by Gasteiger charge is -2.32. The van der Waals surface area contributed by atoms with E-state index in [2.05, 4.69) is 0 Å². The fourth-order valence-electron chi connectivity index (χ4n) is 2.98. The minimum Gasteiger partial charge on any atom is -0.341 e. The molecule has 24 heavy (non-hydrogen) atoms. The van der Waals surface area contributed by atoms with Gasteiger partial charge in [0, 0.05) is 18.1 Å². The van der Waals surface area contributed by atoms with Crippen LogP contribution in [0.5, 0.6) is 0 Å². The Hall–Kier alpha value is -0.980. The van der Waals surface area contributed by atoms with Crippen LogP contribution >= 0.6 is 23.2 Å². The van der Waals surface area contributed by atoms with Gasteiger partial charge in [0.1, 0.15) is 6.04 Å². The summed E-state index contributed by atoms with van der Waals surface area (Å²) >= 11 is 12.2. The third-order valence-corrected chi connectivity index (χ3v) is 5.91. The largest absolute Gasteiger partial charge is 0.341 e. The molecule has 0 radical (unpaired) electrons. The maximum absolute atomic E-state index is 12.9. The molecular formula is C16H22Cl2N2O3S. The summed E-state index contributed by atoms with van der Waals surface area (Å²) in [6, 6.07) is 3.70. The first-order chi connectivity index (χ1) is 11.2. The Bertz CT molecular complexity index is 701. The second-order valence-corrected chi connectivity index (χ2v) is 8.77. The molecule has 0 aliphatic carbocycles. The molecule has 1 fully saturated rings. The molecule has 1 aliphatic rings. The average Bonchev–Trinajstić information content (AvgIpc) is 2.78. The molecule has 2 rings (SSSR count). The molecule has 1 atom stereocenters. The van der Waals surface area contributed by atoms with Crippen LogP contribution in [-0.2, 0) is 14.8 Å². The van der Waals surface area contributed by atoms with Crippen LogP contribution in [0.1, 0.15) is 32.6 Å². The highest BCUT2D eigenvalue weighted by molar-refractivity contribution is 7.92. The van der Waals surface area contributed by atoms with Crippen LogP contribution in [0.15, 0.2) is 18.2 Å². The Labute approximate surface area is 153 Å². The molecule has 1 aliphatic heterocycles. The number of carbonyl (C=O) groups is 1. The number of carbonyl (C=O) groups excluding carboxylic acids is 1. The lowest BCUT2D eigenvalue weighted by atomic mass is 10.2. The van der Waals surface area contributed by atoms with Crippen molar-refractivity contribution in [1.82, 2.24) is 4.90 Å². The molecule has 1 heterocycles. The summed E-state index contributed by atoms with van der Waals surface area (Å²) < 4.78 is 25.8. The summed E-state index contributed by atoms with van der Waals surface area (Å²) in [4.78, 5) is 14.6. The van der Waals surface area contributed by atoms with E-state index in [4.69, 9.17) is 23.2 Å². The third-order valence-electron chi connectivity index (χ3n) is 4.13. The van der Waals surface area contributed by atoms with Crippen molar-refractivity contribution in [2.75, 3.05) is 23.7 Å². The Morgan fingerprint density at radius 1 is 1.17 bits per heavy atom. The molecule has 0 saturated carbocycles. The summed E-state index contributed by atoms with van der Waals surface area (Å²) in [7, 11) is -3.71. The fourth-order valence-corrected chi connectivity index (χ4v) is 4.58. The van der Waals surface area contributed by atoms with Gasteiger partial charge in [0.05, 0.1) is 17.0 Å². The fraction of sp³-hybridized carbons (Fsp3) is 0.562. The number of benzene rings is 1. The van der Waals surface area contributed by atoms with Crippen LogP contribution in [-0.4, -0.2) is 44.6 Å². The van der Waals surface area contributed by atoms with Crippen LogP contribution in [0, 0.1) is 0 Å².